The monoisotopic (exact) mass is 477 g/mol. The molecule has 1 fully saturated rings. The molecule has 32 heavy (non-hydrogen) atoms. The van der Waals surface area contributed by atoms with Gasteiger partial charge in [-0.25, -0.2) is 13.1 Å². The summed E-state index contributed by atoms with van der Waals surface area (Å²) >= 11 is 1.71. The second kappa shape index (κ2) is 10.0. The summed E-state index contributed by atoms with van der Waals surface area (Å²) in [6, 6.07) is 9.00. The van der Waals surface area contributed by atoms with Crippen molar-refractivity contribution >= 4 is 27.3 Å². The standard InChI is InChI=1S/C24H35N3O3S2/c1-17-10-12-27(13-11-17)21(22-7-6-14-31-22)16-25-23(28)20-15-19(9-8-18(20)2)32(29,30)26-24(3,4)5/h6-9,14-15,17,21,26H,10-13,16H2,1-5H3,(H,25,28). The van der Waals surface area contributed by atoms with Crippen LogP contribution in [-0.4, -0.2) is 44.4 Å². The van der Waals surface area contributed by atoms with E-state index in [1.807, 2.05) is 13.0 Å². The summed E-state index contributed by atoms with van der Waals surface area (Å²) in [4.78, 5) is 16.9. The van der Waals surface area contributed by atoms with Crippen molar-refractivity contribution in [1.29, 1.82) is 0 Å². The molecule has 0 saturated carbocycles. The van der Waals surface area contributed by atoms with E-state index < -0.39 is 15.6 Å². The van der Waals surface area contributed by atoms with Gasteiger partial charge in [-0.2, -0.15) is 0 Å². The molecule has 1 aromatic heterocycles. The number of hydrogen-bond acceptors (Lipinski definition) is 5. The summed E-state index contributed by atoms with van der Waals surface area (Å²) < 4.78 is 28.1. The molecule has 2 aromatic rings. The maximum absolute atomic E-state index is 13.1. The average molecular weight is 478 g/mol. The van der Waals surface area contributed by atoms with Gasteiger partial charge >= 0.3 is 0 Å². The Morgan fingerprint density at radius 1 is 1.22 bits per heavy atom. The molecular formula is C24H35N3O3S2. The minimum atomic E-state index is -3.72. The average Bonchev–Trinajstić information content (AvgIpc) is 3.22. The van der Waals surface area contributed by atoms with E-state index in [0.717, 1.165) is 37.4 Å². The molecule has 176 valence electrons. The first-order chi connectivity index (χ1) is 15.0. The Hall–Kier alpha value is -1.74. The number of nitrogens with one attached hydrogen (secondary N) is 2. The van der Waals surface area contributed by atoms with Crippen LogP contribution in [-0.2, 0) is 10.0 Å². The van der Waals surface area contributed by atoms with Crippen LogP contribution >= 0.6 is 11.3 Å². The number of carbonyl (C=O) groups is 1. The lowest BCUT2D eigenvalue weighted by atomic mass is 9.97. The SMILES string of the molecule is Cc1ccc(S(=O)(=O)NC(C)(C)C)cc1C(=O)NCC(c1cccs1)N1CCC(C)CC1. The summed E-state index contributed by atoms with van der Waals surface area (Å²) in [7, 11) is -3.72. The number of piperidine rings is 1. The Kier molecular flexibility index (Phi) is 7.81. The van der Waals surface area contributed by atoms with Gasteiger partial charge in [0, 0.05) is 22.5 Å². The van der Waals surface area contributed by atoms with Gasteiger partial charge in [-0.15, -0.1) is 11.3 Å². The molecule has 1 aliphatic heterocycles. The van der Waals surface area contributed by atoms with Crippen LogP contribution in [0.2, 0.25) is 0 Å². The lowest BCUT2D eigenvalue weighted by Gasteiger charge is -2.36. The molecule has 1 atom stereocenters. The highest BCUT2D eigenvalue weighted by Gasteiger charge is 2.27. The van der Waals surface area contributed by atoms with Gasteiger partial charge in [-0.3, -0.25) is 9.69 Å². The van der Waals surface area contributed by atoms with Gasteiger partial charge in [-0.05, 0) is 88.7 Å². The molecule has 2 heterocycles. The summed E-state index contributed by atoms with van der Waals surface area (Å²) in [6.07, 6.45) is 2.32. The minimum Gasteiger partial charge on any atom is -0.350 e. The first-order valence-corrected chi connectivity index (χ1v) is 13.5. The molecule has 0 radical (unpaired) electrons. The van der Waals surface area contributed by atoms with E-state index in [2.05, 4.69) is 33.3 Å². The van der Waals surface area contributed by atoms with E-state index in [0.29, 0.717) is 12.1 Å². The number of benzene rings is 1. The molecule has 1 amide bonds. The van der Waals surface area contributed by atoms with Crippen LogP contribution < -0.4 is 10.0 Å². The fourth-order valence-corrected chi connectivity index (χ4v) is 6.30. The molecule has 1 aromatic carbocycles. The number of thiophene rings is 1. The molecule has 0 aliphatic carbocycles. The van der Waals surface area contributed by atoms with Crippen LogP contribution in [0, 0.1) is 12.8 Å². The summed E-state index contributed by atoms with van der Waals surface area (Å²) in [6.45, 7) is 12.0. The third-order valence-electron chi connectivity index (χ3n) is 5.79. The third-order valence-corrected chi connectivity index (χ3v) is 8.52. The topological polar surface area (TPSA) is 78.5 Å². The number of rotatable bonds is 7. The summed E-state index contributed by atoms with van der Waals surface area (Å²) in [5, 5.41) is 5.14. The van der Waals surface area contributed by atoms with Gasteiger partial charge in [0.15, 0.2) is 0 Å². The van der Waals surface area contributed by atoms with Gasteiger partial charge in [0.05, 0.1) is 10.9 Å². The number of hydrogen-bond donors (Lipinski definition) is 2. The van der Waals surface area contributed by atoms with Crippen molar-refractivity contribution in [3.05, 3.63) is 51.7 Å². The van der Waals surface area contributed by atoms with Crippen LogP contribution in [0.1, 0.15) is 67.4 Å². The van der Waals surface area contributed by atoms with Crippen molar-refractivity contribution in [2.45, 2.75) is 63.9 Å². The zero-order chi connectivity index (χ0) is 23.5. The Labute approximate surface area is 196 Å². The number of likely N-dealkylation sites (tertiary alicyclic amines) is 1. The van der Waals surface area contributed by atoms with Gasteiger partial charge in [0.1, 0.15) is 0 Å². The highest BCUT2D eigenvalue weighted by atomic mass is 32.2. The van der Waals surface area contributed by atoms with Crippen LogP contribution in [0.15, 0.2) is 40.6 Å². The van der Waals surface area contributed by atoms with Crippen molar-refractivity contribution in [2.75, 3.05) is 19.6 Å². The maximum atomic E-state index is 13.1. The molecular weight excluding hydrogens is 442 g/mol. The zero-order valence-corrected chi connectivity index (χ0v) is 21.3. The predicted molar refractivity (Wildman–Crippen MR) is 131 cm³/mol. The Morgan fingerprint density at radius 2 is 1.91 bits per heavy atom. The van der Waals surface area contributed by atoms with Gasteiger partial charge in [0.25, 0.3) is 5.91 Å². The van der Waals surface area contributed by atoms with Crippen molar-refractivity contribution in [2.24, 2.45) is 5.92 Å². The highest BCUT2D eigenvalue weighted by Crippen LogP contribution is 2.29. The molecule has 6 nitrogen and oxygen atoms in total. The number of amides is 1. The second-order valence-corrected chi connectivity index (χ2v) is 12.5. The Morgan fingerprint density at radius 3 is 2.50 bits per heavy atom. The largest absolute Gasteiger partial charge is 0.350 e. The van der Waals surface area contributed by atoms with Gasteiger partial charge in [0.2, 0.25) is 10.0 Å². The van der Waals surface area contributed by atoms with E-state index in [-0.39, 0.29) is 16.8 Å². The fourth-order valence-electron chi connectivity index (χ4n) is 3.99. The summed E-state index contributed by atoms with van der Waals surface area (Å²) in [5.41, 5.74) is 0.530. The summed E-state index contributed by atoms with van der Waals surface area (Å²) in [5.74, 6) is 0.487. The Bertz CT molecular complexity index is 1020. The van der Waals surface area contributed by atoms with Crippen molar-refractivity contribution in [1.82, 2.24) is 14.9 Å². The number of sulfonamides is 1. The second-order valence-electron chi connectivity index (χ2n) is 9.79. The van der Waals surface area contributed by atoms with E-state index in [1.54, 1.807) is 44.2 Å². The number of nitrogens with zero attached hydrogens (tertiary/aromatic N) is 1. The van der Waals surface area contributed by atoms with Crippen LogP contribution in [0.25, 0.3) is 0 Å². The van der Waals surface area contributed by atoms with E-state index in [1.165, 1.54) is 10.9 Å². The molecule has 1 aliphatic rings. The molecule has 8 heteroatoms. The molecule has 3 rings (SSSR count). The third kappa shape index (κ3) is 6.41. The molecule has 0 spiro atoms. The van der Waals surface area contributed by atoms with Gasteiger partial charge < -0.3 is 5.32 Å². The molecule has 0 bridgehead atoms. The van der Waals surface area contributed by atoms with Gasteiger partial charge in [-0.1, -0.05) is 19.1 Å². The Balaban J connectivity index is 1.77. The van der Waals surface area contributed by atoms with Crippen molar-refractivity contribution in [3.8, 4) is 0 Å². The molecule has 1 unspecified atom stereocenters. The quantitative estimate of drug-likeness (QED) is 0.622. The highest BCUT2D eigenvalue weighted by molar-refractivity contribution is 7.89. The van der Waals surface area contributed by atoms with Crippen molar-refractivity contribution in [3.63, 3.8) is 0 Å². The predicted octanol–water partition coefficient (Wildman–Crippen LogP) is 4.34. The first kappa shape index (κ1) is 24.9. The van der Waals surface area contributed by atoms with E-state index >= 15 is 0 Å². The van der Waals surface area contributed by atoms with E-state index in [9.17, 15) is 13.2 Å². The van der Waals surface area contributed by atoms with Crippen LogP contribution in [0.4, 0.5) is 0 Å². The molecule has 1 saturated heterocycles. The fraction of sp³-hybridized carbons (Fsp3) is 0.542. The lowest BCUT2D eigenvalue weighted by Crippen LogP contribution is -2.42. The van der Waals surface area contributed by atoms with Crippen LogP contribution in [0.3, 0.4) is 0 Å². The lowest BCUT2D eigenvalue weighted by molar-refractivity contribution is 0.0914. The maximum Gasteiger partial charge on any atom is 0.251 e. The van der Waals surface area contributed by atoms with Crippen molar-refractivity contribution < 1.29 is 13.2 Å². The smallest absolute Gasteiger partial charge is 0.251 e. The normalized spacial score (nSPS) is 17.3. The zero-order valence-electron chi connectivity index (χ0n) is 19.6. The van der Waals surface area contributed by atoms with Crippen LogP contribution in [0.5, 0.6) is 0 Å². The van der Waals surface area contributed by atoms with E-state index in [4.69, 9.17) is 0 Å². The number of aryl methyl sites for hydroxylation is 1. The molecule has 2 N–H and O–H groups in total. The first-order valence-electron chi connectivity index (χ1n) is 11.2. The number of carbonyl (C=O) groups excluding carboxylic acids is 1. The minimum absolute atomic E-state index is 0.1000.